The lowest BCUT2D eigenvalue weighted by atomic mass is 10.2. The van der Waals surface area contributed by atoms with Gasteiger partial charge in [-0.15, -0.1) is 0 Å². The van der Waals surface area contributed by atoms with E-state index in [1.165, 1.54) is 6.20 Å². The Kier molecular flexibility index (Phi) is 3.95. The molecule has 4 heterocycles. The van der Waals surface area contributed by atoms with Crippen LogP contribution in [0.15, 0.2) is 36.8 Å². The molecule has 1 aliphatic heterocycles. The van der Waals surface area contributed by atoms with E-state index in [0.717, 1.165) is 36.2 Å². The number of nitrogens with zero attached hydrogens (tertiary/aromatic N) is 4. The summed E-state index contributed by atoms with van der Waals surface area (Å²) in [4.78, 5) is 28.7. The van der Waals surface area contributed by atoms with Gasteiger partial charge in [0, 0.05) is 35.9 Å². The van der Waals surface area contributed by atoms with Crippen molar-refractivity contribution in [1.82, 2.24) is 25.3 Å². The van der Waals surface area contributed by atoms with Crippen LogP contribution in [0, 0.1) is 0 Å². The molecule has 0 bridgehead atoms. The van der Waals surface area contributed by atoms with Crippen LogP contribution in [0.2, 0.25) is 0 Å². The van der Waals surface area contributed by atoms with Gasteiger partial charge in [0.25, 0.3) is 5.91 Å². The number of nitrogens with two attached hydrogens (primary N) is 1. The van der Waals surface area contributed by atoms with E-state index in [1.807, 2.05) is 6.07 Å². The van der Waals surface area contributed by atoms with Crippen LogP contribution in [-0.2, 0) is 0 Å². The van der Waals surface area contributed by atoms with Crippen molar-refractivity contribution in [2.24, 2.45) is 5.73 Å². The van der Waals surface area contributed by atoms with Crippen molar-refractivity contribution >= 4 is 22.6 Å². The third kappa shape index (κ3) is 3.11. The lowest BCUT2D eigenvalue weighted by Gasteiger charge is -2.15. The lowest BCUT2D eigenvalue weighted by Crippen LogP contribution is -2.23. The smallest absolute Gasteiger partial charge is 0.267 e. The highest BCUT2D eigenvalue weighted by molar-refractivity contribution is 5.93. The molecule has 8 heteroatoms. The van der Waals surface area contributed by atoms with Crippen molar-refractivity contribution in [3.63, 3.8) is 0 Å². The minimum atomic E-state index is -0.584. The van der Waals surface area contributed by atoms with Gasteiger partial charge in [0.05, 0.1) is 11.7 Å². The predicted molar refractivity (Wildman–Crippen MR) is 94.0 cm³/mol. The Balaban J connectivity index is 1.81. The van der Waals surface area contributed by atoms with E-state index in [9.17, 15) is 4.79 Å². The van der Waals surface area contributed by atoms with E-state index < -0.39 is 5.91 Å². The highest BCUT2D eigenvalue weighted by Crippen LogP contribution is 2.25. The Morgan fingerprint density at radius 3 is 3.00 bits per heavy atom. The number of fused-ring (bicyclic) bond motifs is 1. The fourth-order valence-corrected chi connectivity index (χ4v) is 2.90. The first-order valence-electron chi connectivity index (χ1n) is 8.06. The summed E-state index contributed by atoms with van der Waals surface area (Å²) in [5.41, 5.74) is 6.92. The van der Waals surface area contributed by atoms with Crippen LogP contribution >= 0.6 is 0 Å². The van der Waals surface area contributed by atoms with Crippen LogP contribution in [0.3, 0.4) is 0 Å². The maximum Gasteiger partial charge on any atom is 0.267 e. The summed E-state index contributed by atoms with van der Waals surface area (Å²) in [6, 6.07) is 5.56. The summed E-state index contributed by atoms with van der Waals surface area (Å²) in [5, 5.41) is 7.72. The summed E-state index contributed by atoms with van der Waals surface area (Å²) in [5.74, 6) is 0.673. The van der Waals surface area contributed by atoms with E-state index in [2.05, 4.69) is 30.6 Å². The molecule has 25 heavy (non-hydrogen) atoms. The SMILES string of the molecule is NC(=O)c1cc(-c2nc(N[C@@H]3CCNC3)c3ccncc3n2)ccn1. The highest BCUT2D eigenvalue weighted by atomic mass is 16.1. The molecule has 4 N–H and O–H groups in total. The van der Waals surface area contributed by atoms with Gasteiger partial charge in [0.15, 0.2) is 5.82 Å². The maximum absolute atomic E-state index is 11.4. The fourth-order valence-electron chi connectivity index (χ4n) is 2.90. The van der Waals surface area contributed by atoms with Crippen molar-refractivity contribution in [2.45, 2.75) is 12.5 Å². The van der Waals surface area contributed by atoms with Crippen molar-refractivity contribution < 1.29 is 4.79 Å². The predicted octanol–water partition coefficient (Wildman–Crippen LogP) is 0.959. The second-order valence-corrected chi connectivity index (χ2v) is 5.92. The number of aromatic nitrogens is 4. The molecule has 1 atom stereocenters. The standard InChI is InChI=1S/C17H17N7O/c18-15(25)13-7-10(1-6-21-13)16-23-14-9-20-5-3-12(14)17(24-16)22-11-2-4-19-8-11/h1,3,5-7,9,11,19H,2,4,8H2,(H2,18,25)(H,22,23,24)/t11-/m1/s1. The van der Waals surface area contributed by atoms with Gasteiger partial charge in [-0.2, -0.15) is 0 Å². The number of rotatable bonds is 4. The average molecular weight is 335 g/mol. The summed E-state index contributed by atoms with van der Waals surface area (Å²) in [6.07, 6.45) is 5.99. The molecule has 0 unspecified atom stereocenters. The third-order valence-electron chi connectivity index (χ3n) is 4.17. The second-order valence-electron chi connectivity index (χ2n) is 5.92. The number of anilines is 1. The van der Waals surface area contributed by atoms with E-state index >= 15 is 0 Å². The van der Waals surface area contributed by atoms with Crippen molar-refractivity contribution in [3.8, 4) is 11.4 Å². The zero-order valence-corrected chi connectivity index (χ0v) is 13.4. The minimum Gasteiger partial charge on any atom is -0.365 e. The molecule has 3 aromatic rings. The number of carbonyl (C=O) groups excluding carboxylic acids is 1. The van der Waals surface area contributed by atoms with Gasteiger partial charge in [-0.25, -0.2) is 9.97 Å². The Bertz CT molecular complexity index is 937. The molecule has 0 radical (unpaired) electrons. The number of hydrogen-bond acceptors (Lipinski definition) is 7. The summed E-state index contributed by atoms with van der Waals surface area (Å²) < 4.78 is 0. The Hall–Kier alpha value is -3.13. The molecule has 3 aromatic heterocycles. The van der Waals surface area contributed by atoms with Crippen LogP contribution in [0.1, 0.15) is 16.9 Å². The molecule has 0 aromatic carbocycles. The lowest BCUT2D eigenvalue weighted by molar-refractivity contribution is 0.0995. The molecular formula is C17H17N7O. The van der Waals surface area contributed by atoms with Gasteiger partial charge in [-0.3, -0.25) is 14.8 Å². The molecule has 0 saturated carbocycles. The van der Waals surface area contributed by atoms with Gasteiger partial charge in [0.1, 0.15) is 11.5 Å². The van der Waals surface area contributed by atoms with Gasteiger partial charge >= 0.3 is 0 Å². The molecule has 1 aliphatic rings. The molecule has 8 nitrogen and oxygen atoms in total. The van der Waals surface area contributed by atoms with Crippen LogP contribution in [-0.4, -0.2) is 45.0 Å². The fraction of sp³-hybridized carbons (Fsp3) is 0.235. The first kappa shape index (κ1) is 15.4. The average Bonchev–Trinajstić information content (AvgIpc) is 3.15. The van der Waals surface area contributed by atoms with Crippen molar-refractivity contribution in [2.75, 3.05) is 18.4 Å². The first-order chi connectivity index (χ1) is 12.2. The summed E-state index contributed by atoms with van der Waals surface area (Å²) in [6.45, 7) is 1.88. The summed E-state index contributed by atoms with van der Waals surface area (Å²) in [7, 11) is 0. The van der Waals surface area contributed by atoms with Crippen LogP contribution in [0.25, 0.3) is 22.3 Å². The Morgan fingerprint density at radius 1 is 1.28 bits per heavy atom. The number of carbonyl (C=O) groups is 1. The Labute approximate surface area is 143 Å². The monoisotopic (exact) mass is 335 g/mol. The largest absolute Gasteiger partial charge is 0.365 e. The quantitative estimate of drug-likeness (QED) is 0.649. The number of primary amides is 1. The topological polar surface area (TPSA) is 119 Å². The van der Waals surface area contributed by atoms with Gasteiger partial charge in [0.2, 0.25) is 0 Å². The third-order valence-corrected chi connectivity index (χ3v) is 4.17. The molecule has 1 fully saturated rings. The van der Waals surface area contributed by atoms with Crippen molar-refractivity contribution in [3.05, 3.63) is 42.5 Å². The maximum atomic E-state index is 11.4. The molecule has 4 rings (SSSR count). The molecular weight excluding hydrogens is 318 g/mol. The van der Waals surface area contributed by atoms with Gasteiger partial charge in [-0.05, 0) is 31.2 Å². The Morgan fingerprint density at radius 2 is 2.20 bits per heavy atom. The number of hydrogen-bond donors (Lipinski definition) is 3. The first-order valence-corrected chi connectivity index (χ1v) is 8.06. The molecule has 0 spiro atoms. The van der Waals surface area contributed by atoms with Crippen molar-refractivity contribution in [1.29, 1.82) is 0 Å². The molecule has 1 saturated heterocycles. The van der Waals surface area contributed by atoms with E-state index in [-0.39, 0.29) is 5.69 Å². The van der Waals surface area contributed by atoms with E-state index in [0.29, 0.717) is 17.4 Å². The van der Waals surface area contributed by atoms with Gasteiger partial charge in [-0.1, -0.05) is 0 Å². The number of nitrogens with one attached hydrogen (secondary N) is 2. The zero-order valence-electron chi connectivity index (χ0n) is 13.4. The van der Waals surface area contributed by atoms with E-state index in [1.54, 1.807) is 24.5 Å². The highest BCUT2D eigenvalue weighted by Gasteiger charge is 2.17. The number of pyridine rings is 2. The molecule has 0 aliphatic carbocycles. The van der Waals surface area contributed by atoms with E-state index in [4.69, 9.17) is 5.73 Å². The molecule has 1 amide bonds. The number of amides is 1. The van der Waals surface area contributed by atoms with Gasteiger partial charge < -0.3 is 16.4 Å². The van der Waals surface area contributed by atoms with Crippen LogP contribution in [0.5, 0.6) is 0 Å². The summed E-state index contributed by atoms with van der Waals surface area (Å²) >= 11 is 0. The van der Waals surface area contributed by atoms with Crippen LogP contribution < -0.4 is 16.4 Å². The van der Waals surface area contributed by atoms with Crippen LogP contribution in [0.4, 0.5) is 5.82 Å². The second kappa shape index (κ2) is 6.40. The zero-order chi connectivity index (χ0) is 17.2. The normalized spacial score (nSPS) is 16.9. The molecule has 126 valence electrons. The minimum absolute atomic E-state index is 0.182.